The fourth-order valence-electron chi connectivity index (χ4n) is 2.86. The SMILES string of the molecule is CCCNCc1ccc(Cl)cc1N(C)CCN1CCCC1. The van der Waals surface area contributed by atoms with Crippen LogP contribution in [0.15, 0.2) is 18.2 Å². The molecule has 1 aliphatic rings. The molecule has 21 heavy (non-hydrogen) atoms. The van der Waals surface area contributed by atoms with E-state index in [4.69, 9.17) is 11.6 Å². The molecule has 0 aromatic heterocycles. The molecule has 1 aliphatic heterocycles. The van der Waals surface area contributed by atoms with Crippen LogP contribution in [0.4, 0.5) is 5.69 Å². The van der Waals surface area contributed by atoms with E-state index in [0.717, 1.165) is 37.6 Å². The molecule has 1 N–H and O–H groups in total. The standard InChI is InChI=1S/C17H28ClN3/c1-3-8-19-14-15-6-7-16(18)13-17(15)20(2)11-12-21-9-4-5-10-21/h6-7,13,19H,3-5,8-12,14H2,1-2H3. The predicted octanol–water partition coefficient (Wildman–Crippen LogP) is 3.37. The number of rotatable bonds is 8. The lowest BCUT2D eigenvalue weighted by Crippen LogP contribution is -2.32. The van der Waals surface area contributed by atoms with Crippen molar-refractivity contribution in [2.75, 3.05) is 44.7 Å². The third-order valence-corrected chi connectivity index (χ3v) is 4.39. The molecule has 1 saturated heterocycles. The average Bonchev–Trinajstić information content (AvgIpc) is 3.00. The topological polar surface area (TPSA) is 18.5 Å². The van der Waals surface area contributed by atoms with Crippen molar-refractivity contribution in [2.45, 2.75) is 32.7 Å². The first kappa shape index (κ1) is 16.6. The molecule has 118 valence electrons. The maximum absolute atomic E-state index is 6.19. The number of hydrogen-bond acceptors (Lipinski definition) is 3. The molecular weight excluding hydrogens is 282 g/mol. The summed E-state index contributed by atoms with van der Waals surface area (Å²) in [4.78, 5) is 4.89. The second-order valence-corrected chi connectivity index (χ2v) is 6.36. The van der Waals surface area contributed by atoms with Gasteiger partial charge >= 0.3 is 0 Å². The Hall–Kier alpha value is -0.770. The average molecular weight is 310 g/mol. The lowest BCUT2D eigenvalue weighted by Gasteiger charge is -2.25. The smallest absolute Gasteiger partial charge is 0.0426 e. The molecule has 2 rings (SSSR count). The number of nitrogens with zero attached hydrogens (tertiary/aromatic N) is 2. The molecule has 1 heterocycles. The highest BCUT2D eigenvalue weighted by Crippen LogP contribution is 2.24. The molecule has 0 saturated carbocycles. The zero-order chi connectivity index (χ0) is 15.1. The number of likely N-dealkylation sites (tertiary alicyclic amines) is 1. The van der Waals surface area contributed by atoms with E-state index in [-0.39, 0.29) is 0 Å². The minimum Gasteiger partial charge on any atom is -0.373 e. The number of likely N-dealkylation sites (N-methyl/N-ethyl adjacent to an activating group) is 1. The van der Waals surface area contributed by atoms with Crippen LogP contribution in [0.5, 0.6) is 0 Å². The van der Waals surface area contributed by atoms with E-state index in [1.54, 1.807) is 0 Å². The molecule has 0 aliphatic carbocycles. The van der Waals surface area contributed by atoms with Crippen LogP contribution in [0.25, 0.3) is 0 Å². The third kappa shape index (κ3) is 5.17. The Morgan fingerprint density at radius 3 is 2.76 bits per heavy atom. The van der Waals surface area contributed by atoms with E-state index >= 15 is 0 Å². The van der Waals surface area contributed by atoms with E-state index in [9.17, 15) is 0 Å². The maximum Gasteiger partial charge on any atom is 0.0426 e. The van der Waals surface area contributed by atoms with E-state index in [0.29, 0.717) is 0 Å². The first-order valence-electron chi connectivity index (χ1n) is 8.13. The van der Waals surface area contributed by atoms with Crippen LogP contribution in [0, 0.1) is 0 Å². The van der Waals surface area contributed by atoms with E-state index in [1.807, 2.05) is 6.07 Å². The van der Waals surface area contributed by atoms with Crippen LogP contribution in [-0.2, 0) is 6.54 Å². The normalized spacial score (nSPS) is 15.6. The summed E-state index contributed by atoms with van der Waals surface area (Å²) in [6.45, 7) is 8.88. The fraction of sp³-hybridized carbons (Fsp3) is 0.647. The van der Waals surface area contributed by atoms with Gasteiger partial charge in [-0.1, -0.05) is 24.6 Å². The summed E-state index contributed by atoms with van der Waals surface area (Å²) in [6.07, 6.45) is 3.87. The lowest BCUT2D eigenvalue weighted by molar-refractivity contribution is 0.346. The molecule has 1 aromatic carbocycles. The van der Waals surface area contributed by atoms with Gasteiger partial charge in [0.25, 0.3) is 0 Å². The number of anilines is 1. The van der Waals surface area contributed by atoms with E-state index in [2.05, 4.69) is 41.2 Å². The molecule has 1 aromatic rings. The minimum absolute atomic E-state index is 0.817. The number of nitrogens with one attached hydrogen (secondary N) is 1. The predicted molar refractivity (Wildman–Crippen MR) is 92.4 cm³/mol. The number of hydrogen-bond donors (Lipinski definition) is 1. The van der Waals surface area contributed by atoms with Gasteiger partial charge in [0.05, 0.1) is 0 Å². The minimum atomic E-state index is 0.817. The Morgan fingerprint density at radius 2 is 2.05 bits per heavy atom. The highest BCUT2D eigenvalue weighted by molar-refractivity contribution is 6.30. The summed E-state index contributed by atoms with van der Waals surface area (Å²) in [5.74, 6) is 0. The van der Waals surface area contributed by atoms with Crippen molar-refractivity contribution in [3.05, 3.63) is 28.8 Å². The Bertz CT molecular complexity index is 430. The molecule has 0 bridgehead atoms. The highest BCUT2D eigenvalue weighted by Gasteiger charge is 2.13. The van der Waals surface area contributed by atoms with E-state index in [1.165, 1.54) is 37.2 Å². The monoisotopic (exact) mass is 309 g/mol. The lowest BCUT2D eigenvalue weighted by atomic mass is 10.1. The van der Waals surface area contributed by atoms with Gasteiger partial charge in [-0.25, -0.2) is 0 Å². The molecule has 0 amide bonds. The Labute approximate surface area is 134 Å². The first-order chi connectivity index (χ1) is 10.2. The van der Waals surface area contributed by atoms with Crippen LogP contribution < -0.4 is 10.2 Å². The summed E-state index contributed by atoms with van der Waals surface area (Å²) in [5, 5.41) is 4.30. The van der Waals surface area contributed by atoms with Crippen molar-refractivity contribution in [3.63, 3.8) is 0 Å². The second kappa shape index (κ2) is 8.62. The first-order valence-corrected chi connectivity index (χ1v) is 8.51. The molecular formula is C17H28ClN3. The number of benzene rings is 1. The molecule has 0 radical (unpaired) electrons. The van der Waals surface area contributed by atoms with Gasteiger partial charge in [-0.05, 0) is 56.6 Å². The van der Waals surface area contributed by atoms with Crippen molar-refractivity contribution in [1.29, 1.82) is 0 Å². The van der Waals surface area contributed by atoms with E-state index < -0.39 is 0 Å². The highest BCUT2D eigenvalue weighted by atomic mass is 35.5. The summed E-state index contributed by atoms with van der Waals surface area (Å²) in [5.41, 5.74) is 2.59. The van der Waals surface area contributed by atoms with Crippen molar-refractivity contribution < 1.29 is 0 Å². The van der Waals surface area contributed by atoms with Gasteiger partial charge in [0.1, 0.15) is 0 Å². The maximum atomic E-state index is 6.19. The Balaban J connectivity index is 1.96. The molecule has 3 nitrogen and oxygen atoms in total. The summed E-state index contributed by atoms with van der Waals surface area (Å²) in [6, 6.07) is 6.23. The Kier molecular flexibility index (Phi) is 6.81. The van der Waals surface area contributed by atoms with Crippen LogP contribution in [0.2, 0.25) is 5.02 Å². The van der Waals surface area contributed by atoms with Crippen molar-refractivity contribution in [3.8, 4) is 0 Å². The van der Waals surface area contributed by atoms with Crippen molar-refractivity contribution in [2.24, 2.45) is 0 Å². The van der Waals surface area contributed by atoms with Gasteiger partial charge in [-0.3, -0.25) is 0 Å². The van der Waals surface area contributed by atoms with Gasteiger partial charge in [-0.2, -0.15) is 0 Å². The van der Waals surface area contributed by atoms with Gasteiger partial charge in [0, 0.05) is 37.4 Å². The number of halogens is 1. The molecule has 0 spiro atoms. The fourth-order valence-corrected chi connectivity index (χ4v) is 3.03. The Morgan fingerprint density at radius 1 is 1.29 bits per heavy atom. The quantitative estimate of drug-likeness (QED) is 0.743. The molecule has 4 heteroatoms. The van der Waals surface area contributed by atoms with Crippen LogP contribution in [0.3, 0.4) is 0 Å². The van der Waals surface area contributed by atoms with Gasteiger partial charge in [-0.15, -0.1) is 0 Å². The van der Waals surface area contributed by atoms with Crippen LogP contribution in [0.1, 0.15) is 31.7 Å². The largest absolute Gasteiger partial charge is 0.373 e. The summed E-state index contributed by atoms with van der Waals surface area (Å²) in [7, 11) is 2.17. The summed E-state index contributed by atoms with van der Waals surface area (Å²) >= 11 is 6.19. The zero-order valence-electron chi connectivity index (χ0n) is 13.4. The van der Waals surface area contributed by atoms with Gasteiger partial charge in [0.2, 0.25) is 0 Å². The van der Waals surface area contributed by atoms with Crippen LogP contribution >= 0.6 is 11.6 Å². The van der Waals surface area contributed by atoms with Crippen molar-refractivity contribution in [1.82, 2.24) is 10.2 Å². The third-order valence-electron chi connectivity index (χ3n) is 4.15. The van der Waals surface area contributed by atoms with Crippen LogP contribution in [-0.4, -0.2) is 44.7 Å². The second-order valence-electron chi connectivity index (χ2n) is 5.92. The molecule has 1 fully saturated rings. The molecule has 0 unspecified atom stereocenters. The molecule has 0 atom stereocenters. The van der Waals surface area contributed by atoms with Crippen molar-refractivity contribution >= 4 is 17.3 Å². The van der Waals surface area contributed by atoms with Gasteiger partial charge in [0.15, 0.2) is 0 Å². The zero-order valence-corrected chi connectivity index (χ0v) is 14.1. The summed E-state index contributed by atoms with van der Waals surface area (Å²) < 4.78 is 0. The van der Waals surface area contributed by atoms with Gasteiger partial charge < -0.3 is 15.1 Å².